The van der Waals surface area contributed by atoms with E-state index in [4.69, 9.17) is 14.6 Å². The van der Waals surface area contributed by atoms with Gasteiger partial charge in [0.25, 0.3) is 5.91 Å². The van der Waals surface area contributed by atoms with Gasteiger partial charge in [-0.25, -0.2) is 13.6 Å². The molecule has 1 aliphatic rings. The summed E-state index contributed by atoms with van der Waals surface area (Å²) >= 11 is 0. The first-order valence-corrected chi connectivity index (χ1v) is 10.1. The number of amides is 1. The highest BCUT2D eigenvalue weighted by Gasteiger charge is 2.21. The molecule has 1 amide bonds. The Morgan fingerprint density at radius 1 is 1.07 bits per heavy atom. The van der Waals surface area contributed by atoms with Crippen molar-refractivity contribution in [2.45, 2.75) is 24.3 Å². The molecule has 0 fully saturated rings. The van der Waals surface area contributed by atoms with Gasteiger partial charge in [-0.2, -0.15) is 0 Å². The van der Waals surface area contributed by atoms with E-state index >= 15 is 0 Å². The molecule has 0 aromatic heterocycles. The fourth-order valence-electron chi connectivity index (χ4n) is 2.84. The SMILES string of the molecule is C[C@H](c1ccc(S(N)(=O)=O)cc1)N(C)C(=O)c1ccc2c(c1)OCCCO2. The molecule has 7 nitrogen and oxygen atoms in total. The number of fused-ring (bicyclic) bond motifs is 1. The third kappa shape index (κ3) is 4.23. The fourth-order valence-corrected chi connectivity index (χ4v) is 3.35. The van der Waals surface area contributed by atoms with Crippen molar-refractivity contribution in [1.82, 2.24) is 4.90 Å². The lowest BCUT2D eigenvalue weighted by Gasteiger charge is -2.26. The Morgan fingerprint density at radius 2 is 1.70 bits per heavy atom. The van der Waals surface area contributed by atoms with Crippen molar-refractivity contribution in [3.05, 3.63) is 53.6 Å². The van der Waals surface area contributed by atoms with E-state index in [2.05, 4.69) is 0 Å². The number of ether oxygens (including phenoxy) is 2. The van der Waals surface area contributed by atoms with E-state index in [0.717, 1.165) is 12.0 Å². The van der Waals surface area contributed by atoms with Gasteiger partial charge in [0.2, 0.25) is 10.0 Å². The van der Waals surface area contributed by atoms with Crippen LogP contribution in [-0.2, 0) is 10.0 Å². The van der Waals surface area contributed by atoms with Crippen LogP contribution in [0.4, 0.5) is 0 Å². The molecule has 27 heavy (non-hydrogen) atoms. The number of benzene rings is 2. The molecule has 8 heteroatoms. The Morgan fingerprint density at radius 3 is 2.33 bits per heavy atom. The van der Waals surface area contributed by atoms with Gasteiger partial charge < -0.3 is 14.4 Å². The predicted molar refractivity (Wildman–Crippen MR) is 100 cm³/mol. The van der Waals surface area contributed by atoms with Crippen LogP contribution in [0, 0.1) is 0 Å². The highest BCUT2D eigenvalue weighted by molar-refractivity contribution is 7.89. The second kappa shape index (κ2) is 7.58. The van der Waals surface area contributed by atoms with Crippen molar-refractivity contribution in [1.29, 1.82) is 0 Å². The molecule has 2 N–H and O–H groups in total. The van der Waals surface area contributed by atoms with Gasteiger partial charge >= 0.3 is 0 Å². The van der Waals surface area contributed by atoms with Crippen molar-refractivity contribution in [3.63, 3.8) is 0 Å². The third-order valence-corrected chi connectivity index (χ3v) is 5.52. The lowest BCUT2D eigenvalue weighted by atomic mass is 10.1. The summed E-state index contributed by atoms with van der Waals surface area (Å²) in [7, 11) is -2.04. The van der Waals surface area contributed by atoms with Crippen LogP contribution in [-0.4, -0.2) is 39.5 Å². The molecular weight excluding hydrogens is 368 g/mol. The van der Waals surface area contributed by atoms with Crippen molar-refractivity contribution in [3.8, 4) is 11.5 Å². The minimum Gasteiger partial charge on any atom is -0.490 e. The van der Waals surface area contributed by atoms with Crippen molar-refractivity contribution in [2.75, 3.05) is 20.3 Å². The maximum atomic E-state index is 12.9. The molecule has 1 atom stereocenters. The van der Waals surface area contributed by atoms with Crippen molar-refractivity contribution < 1.29 is 22.7 Å². The second-order valence-corrected chi connectivity index (χ2v) is 7.98. The molecule has 0 saturated carbocycles. The topological polar surface area (TPSA) is 98.9 Å². The Balaban J connectivity index is 1.79. The molecule has 0 radical (unpaired) electrons. The summed E-state index contributed by atoms with van der Waals surface area (Å²) in [6, 6.07) is 11.1. The van der Waals surface area contributed by atoms with E-state index in [9.17, 15) is 13.2 Å². The molecule has 2 aromatic carbocycles. The van der Waals surface area contributed by atoms with Crippen LogP contribution < -0.4 is 14.6 Å². The van der Waals surface area contributed by atoms with Gasteiger partial charge in [0.1, 0.15) is 0 Å². The van der Waals surface area contributed by atoms with Crippen LogP contribution in [0.1, 0.15) is 35.3 Å². The molecule has 3 rings (SSSR count). The van der Waals surface area contributed by atoms with E-state index in [1.807, 2.05) is 6.92 Å². The van der Waals surface area contributed by atoms with Crippen LogP contribution >= 0.6 is 0 Å². The first-order chi connectivity index (χ1) is 12.8. The number of nitrogens with two attached hydrogens (primary N) is 1. The summed E-state index contributed by atoms with van der Waals surface area (Å²) in [6.07, 6.45) is 0.795. The third-order valence-electron chi connectivity index (χ3n) is 4.59. The number of nitrogens with zero attached hydrogens (tertiary/aromatic N) is 1. The van der Waals surface area contributed by atoms with E-state index in [-0.39, 0.29) is 16.8 Å². The van der Waals surface area contributed by atoms with Crippen LogP contribution in [0.25, 0.3) is 0 Å². The van der Waals surface area contributed by atoms with E-state index in [1.165, 1.54) is 12.1 Å². The van der Waals surface area contributed by atoms with Crippen molar-refractivity contribution >= 4 is 15.9 Å². The minimum atomic E-state index is -3.74. The van der Waals surface area contributed by atoms with Gasteiger partial charge in [-0.05, 0) is 42.8 Å². The average molecular weight is 390 g/mol. The normalized spacial score (nSPS) is 14.9. The van der Waals surface area contributed by atoms with Gasteiger partial charge in [-0.15, -0.1) is 0 Å². The minimum absolute atomic E-state index is 0.0373. The van der Waals surface area contributed by atoms with Crippen LogP contribution in [0.15, 0.2) is 47.4 Å². The predicted octanol–water partition coefficient (Wildman–Crippen LogP) is 2.33. The van der Waals surface area contributed by atoms with Crippen LogP contribution in [0.2, 0.25) is 0 Å². The molecule has 1 aliphatic heterocycles. The first kappa shape index (κ1) is 19.2. The number of carbonyl (C=O) groups excluding carboxylic acids is 1. The Labute approximate surface area is 158 Å². The zero-order chi connectivity index (χ0) is 19.6. The molecular formula is C19H22N2O5S. The smallest absolute Gasteiger partial charge is 0.254 e. The summed E-state index contributed by atoms with van der Waals surface area (Å²) in [6.45, 7) is 3.01. The number of primary sulfonamides is 1. The van der Waals surface area contributed by atoms with E-state index < -0.39 is 10.0 Å². The molecule has 0 spiro atoms. The van der Waals surface area contributed by atoms with Crippen molar-refractivity contribution in [2.24, 2.45) is 5.14 Å². The number of hydrogen-bond donors (Lipinski definition) is 1. The Hall–Kier alpha value is -2.58. The second-order valence-electron chi connectivity index (χ2n) is 6.42. The first-order valence-electron chi connectivity index (χ1n) is 8.57. The molecule has 1 heterocycles. The lowest BCUT2D eigenvalue weighted by Crippen LogP contribution is -2.29. The number of rotatable bonds is 4. The summed E-state index contributed by atoms with van der Waals surface area (Å²) in [5.41, 5.74) is 1.29. The molecule has 0 unspecified atom stereocenters. The standard InChI is InChI=1S/C19H22N2O5S/c1-13(14-4-7-16(8-5-14)27(20,23)24)21(2)19(22)15-6-9-17-18(12-15)26-11-3-10-25-17/h4-9,12-13H,3,10-11H2,1-2H3,(H2,20,23,24)/t13-/m1/s1. The van der Waals surface area contributed by atoms with E-state index in [0.29, 0.717) is 30.3 Å². The number of carbonyl (C=O) groups is 1. The maximum absolute atomic E-state index is 12.9. The van der Waals surface area contributed by atoms with Crippen LogP contribution in [0.3, 0.4) is 0 Å². The van der Waals surface area contributed by atoms with Gasteiger partial charge in [-0.3, -0.25) is 4.79 Å². The summed E-state index contributed by atoms with van der Waals surface area (Å²) in [4.78, 5) is 14.5. The monoisotopic (exact) mass is 390 g/mol. The molecule has 0 bridgehead atoms. The van der Waals surface area contributed by atoms with Gasteiger partial charge in [0.15, 0.2) is 11.5 Å². The van der Waals surface area contributed by atoms with Gasteiger partial charge in [-0.1, -0.05) is 12.1 Å². The zero-order valence-corrected chi connectivity index (χ0v) is 16.0. The maximum Gasteiger partial charge on any atom is 0.254 e. The summed E-state index contributed by atoms with van der Waals surface area (Å²) in [5, 5.41) is 5.12. The lowest BCUT2D eigenvalue weighted by molar-refractivity contribution is 0.0742. The van der Waals surface area contributed by atoms with Gasteiger partial charge in [0, 0.05) is 19.0 Å². The fraction of sp³-hybridized carbons (Fsp3) is 0.316. The van der Waals surface area contributed by atoms with Crippen LogP contribution in [0.5, 0.6) is 11.5 Å². The average Bonchev–Trinajstić information content (AvgIpc) is 2.90. The highest BCUT2D eigenvalue weighted by Crippen LogP contribution is 2.31. The van der Waals surface area contributed by atoms with E-state index in [1.54, 1.807) is 42.3 Å². The Bertz CT molecular complexity index is 941. The molecule has 0 saturated heterocycles. The number of sulfonamides is 1. The summed E-state index contributed by atoms with van der Waals surface area (Å²) < 4.78 is 34.0. The quantitative estimate of drug-likeness (QED) is 0.864. The molecule has 0 aliphatic carbocycles. The molecule has 144 valence electrons. The largest absolute Gasteiger partial charge is 0.490 e. The molecule has 2 aromatic rings. The highest BCUT2D eigenvalue weighted by atomic mass is 32.2. The zero-order valence-electron chi connectivity index (χ0n) is 15.2. The summed E-state index contributed by atoms with van der Waals surface area (Å²) in [5.74, 6) is 1.03. The number of hydrogen-bond acceptors (Lipinski definition) is 5. The van der Waals surface area contributed by atoms with Gasteiger partial charge in [0.05, 0.1) is 24.2 Å². The Kier molecular flexibility index (Phi) is 5.38.